The number of nitrogens with zero attached hydrogens (tertiary/aromatic N) is 1. The Balaban J connectivity index is 2.99. The van der Waals surface area contributed by atoms with Crippen molar-refractivity contribution in [1.82, 2.24) is 5.32 Å². The monoisotopic (exact) mass is 208 g/mol. The van der Waals surface area contributed by atoms with E-state index in [1.54, 1.807) is 0 Å². The van der Waals surface area contributed by atoms with Gasteiger partial charge in [-0.3, -0.25) is 5.32 Å². The molecule has 0 aromatic heterocycles. The van der Waals surface area contributed by atoms with Gasteiger partial charge in [0.05, 0.1) is 6.07 Å². The standard InChI is InChI=1S/C11H13ClN2/c1-3-14-11(7-13)9-4-8(2)5-10(12)6-9/h4-6,11,14H,3H2,1-2H3. The van der Waals surface area contributed by atoms with Gasteiger partial charge in [-0.05, 0) is 36.7 Å². The van der Waals surface area contributed by atoms with Gasteiger partial charge in [0.1, 0.15) is 6.04 Å². The molecule has 1 aromatic carbocycles. The number of nitriles is 1. The van der Waals surface area contributed by atoms with Crippen LogP contribution in [0.5, 0.6) is 0 Å². The molecule has 1 N–H and O–H groups in total. The fraction of sp³-hybridized carbons (Fsp3) is 0.364. The zero-order valence-corrected chi connectivity index (χ0v) is 9.10. The van der Waals surface area contributed by atoms with Gasteiger partial charge >= 0.3 is 0 Å². The SMILES string of the molecule is CCNC(C#N)c1cc(C)cc(Cl)c1. The van der Waals surface area contributed by atoms with Gasteiger partial charge in [-0.25, -0.2) is 0 Å². The summed E-state index contributed by atoms with van der Waals surface area (Å²) in [4.78, 5) is 0. The summed E-state index contributed by atoms with van der Waals surface area (Å²) in [6, 6.07) is 7.62. The molecule has 0 spiro atoms. The van der Waals surface area contributed by atoms with Crippen LogP contribution in [0.25, 0.3) is 0 Å². The molecule has 74 valence electrons. The molecule has 1 unspecified atom stereocenters. The Labute approximate surface area is 89.5 Å². The number of halogens is 1. The van der Waals surface area contributed by atoms with Crippen molar-refractivity contribution in [3.8, 4) is 6.07 Å². The summed E-state index contributed by atoms with van der Waals surface area (Å²) in [5, 5.41) is 12.7. The van der Waals surface area contributed by atoms with E-state index in [1.165, 1.54) is 0 Å². The zero-order chi connectivity index (χ0) is 10.6. The topological polar surface area (TPSA) is 35.8 Å². The Morgan fingerprint density at radius 1 is 1.50 bits per heavy atom. The molecule has 1 atom stereocenters. The fourth-order valence-corrected chi connectivity index (χ4v) is 1.67. The Morgan fingerprint density at radius 3 is 2.71 bits per heavy atom. The molecule has 0 aliphatic rings. The lowest BCUT2D eigenvalue weighted by Crippen LogP contribution is -2.19. The highest BCUT2D eigenvalue weighted by Gasteiger charge is 2.09. The van der Waals surface area contributed by atoms with Crippen molar-refractivity contribution in [2.45, 2.75) is 19.9 Å². The maximum atomic E-state index is 8.94. The number of hydrogen-bond donors (Lipinski definition) is 1. The molecule has 14 heavy (non-hydrogen) atoms. The summed E-state index contributed by atoms with van der Waals surface area (Å²) in [7, 11) is 0. The molecule has 3 heteroatoms. The maximum Gasteiger partial charge on any atom is 0.121 e. The fourth-order valence-electron chi connectivity index (χ4n) is 1.37. The van der Waals surface area contributed by atoms with Gasteiger partial charge in [-0.2, -0.15) is 5.26 Å². The lowest BCUT2D eigenvalue weighted by Gasteiger charge is -2.11. The first kappa shape index (κ1) is 11.0. The van der Waals surface area contributed by atoms with Gasteiger partial charge in [0.2, 0.25) is 0 Å². The molecule has 2 nitrogen and oxygen atoms in total. The molecule has 0 amide bonds. The zero-order valence-electron chi connectivity index (χ0n) is 8.34. The highest BCUT2D eigenvalue weighted by atomic mass is 35.5. The Morgan fingerprint density at radius 2 is 2.21 bits per heavy atom. The number of benzene rings is 1. The highest BCUT2D eigenvalue weighted by molar-refractivity contribution is 6.30. The van der Waals surface area contributed by atoms with Gasteiger partial charge < -0.3 is 0 Å². The molecule has 0 saturated heterocycles. The summed E-state index contributed by atoms with van der Waals surface area (Å²) >= 11 is 5.91. The summed E-state index contributed by atoms with van der Waals surface area (Å²) in [5.41, 5.74) is 2.00. The van der Waals surface area contributed by atoms with Gasteiger partial charge in [0, 0.05) is 5.02 Å². The van der Waals surface area contributed by atoms with E-state index in [0.717, 1.165) is 17.7 Å². The molecule has 0 fully saturated rings. The first-order valence-electron chi connectivity index (χ1n) is 4.57. The van der Waals surface area contributed by atoms with Crippen LogP contribution in [0.3, 0.4) is 0 Å². The summed E-state index contributed by atoms with van der Waals surface area (Å²) < 4.78 is 0. The van der Waals surface area contributed by atoms with E-state index in [-0.39, 0.29) is 6.04 Å². The Bertz CT molecular complexity index is 335. The van der Waals surface area contributed by atoms with E-state index in [4.69, 9.17) is 16.9 Å². The van der Waals surface area contributed by atoms with Crippen LogP contribution in [0.1, 0.15) is 24.1 Å². The van der Waals surface area contributed by atoms with E-state index < -0.39 is 0 Å². The molecule has 0 heterocycles. The lowest BCUT2D eigenvalue weighted by atomic mass is 10.1. The largest absolute Gasteiger partial charge is 0.298 e. The minimum Gasteiger partial charge on any atom is -0.298 e. The van der Waals surface area contributed by atoms with Crippen molar-refractivity contribution in [3.05, 3.63) is 34.3 Å². The number of hydrogen-bond acceptors (Lipinski definition) is 2. The van der Waals surface area contributed by atoms with Gasteiger partial charge in [-0.15, -0.1) is 0 Å². The van der Waals surface area contributed by atoms with Crippen molar-refractivity contribution in [2.24, 2.45) is 0 Å². The molecule has 1 rings (SSSR count). The van der Waals surface area contributed by atoms with E-state index >= 15 is 0 Å². The summed E-state index contributed by atoms with van der Waals surface area (Å²) in [6.45, 7) is 4.71. The average molecular weight is 209 g/mol. The van der Waals surface area contributed by atoms with Crippen LogP contribution < -0.4 is 5.32 Å². The van der Waals surface area contributed by atoms with Gasteiger partial charge in [0.15, 0.2) is 0 Å². The second kappa shape index (κ2) is 4.99. The second-order valence-electron chi connectivity index (χ2n) is 3.18. The third kappa shape index (κ3) is 2.73. The van der Waals surface area contributed by atoms with E-state index in [9.17, 15) is 0 Å². The second-order valence-corrected chi connectivity index (χ2v) is 3.62. The third-order valence-corrected chi connectivity index (χ3v) is 2.15. The van der Waals surface area contributed by atoms with Crippen molar-refractivity contribution in [3.63, 3.8) is 0 Å². The molecule has 0 saturated carbocycles. The molecule has 0 aliphatic carbocycles. The number of aryl methyl sites for hydroxylation is 1. The van der Waals surface area contributed by atoms with Gasteiger partial charge in [0.25, 0.3) is 0 Å². The molecule has 0 aliphatic heterocycles. The Hall–Kier alpha value is -1.04. The molecular formula is C11H13ClN2. The van der Waals surface area contributed by atoms with Crippen LogP contribution in [0, 0.1) is 18.3 Å². The minimum atomic E-state index is -0.266. The van der Waals surface area contributed by atoms with E-state index in [2.05, 4.69) is 11.4 Å². The van der Waals surface area contributed by atoms with Crippen LogP contribution >= 0.6 is 11.6 Å². The molecule has 0 radical (unpaired) electrons. The van der Waals surface area contributed by atoms with Crippen LogP contribution in [-0.4, -0.2) is 6.54 Å². The van der Waals surface area contributed by atoms with Gasteiger partial charge in [-0.1, -0.05) is 24.6 Å². The molecular weight excluding hydrogens is 196 g/mol. The summed E-state index contributed by atoms with van der Waals surface area (Å²) in [6.07, 6.45) is 0. The van der Waals surface area contributed by atoms with Crippen LogP contribution in [0.2, 0.25) is 5.02 Å². The molecule has 1 aromatic rings. The predicted octanol–water partition coefficient (Wildman–Crippen LogP) is 2.82. The highest BCUT2D eigenvalue weighted by Crippen LogP contribution is 2.19. The van der Waals surface area contributed by atoms with Crippen molar-refractivity contribution in [1.29, 1.82) is 5.26 Å². The third-order valence-electron chi connectivity index (χ3n) is 1.94. The quantitative estimate of drug-likeness (QED) is 0.829. The minimum absolute atomic E-state index is 0.266. The number of rotatable bonds is 3. The summed E-state index contributed by atoms with van der Waals surface area (Å²) in [5.74, 6) is 0. The van der Waals surface area contributed by atoms with Crippen molar-refractivity contribution < 1.29 is 0 Å². The van der Waals surface area contributed by atoms with E-state index in [1.807, 2.05) is 32.0 Å². The van der Waals surface area contributed by atoms with Crippen LogP contribution in [0.4, 0.5) is 0 Å². The first-order chi connectivity index (χ1) is 6.67. The normalized spacial score (nSPS) is 12.1. The average Bonchev–Trinajstić information content (AvgIpc) is 2.12. The smallest absolute Gasteiger partial charge is 0.121 e. The maximum absolute atomic E-state index is 8.94. The number of nitrogens with one attached hydrogen (secondary N) is 1. The van der Waals surface area contributed by atoms with Crippen LogP contribution in [0.15, 0.2) is 18.2 Å². The van der Waals surface area contributed by atoms with Crippen molar-refractivity contribution in [2.75, 3.05) is 6.54 Å². The Kier molecular flexibility index (Phi) is 3.94. The van der Waals surface area contributed by atoms with Crippen molar-refractivity contribution >= 4 is 11.6 Å². The first-order valence-corrected chi connectivity index (χ1v) is 4.95. The lowest BCUT2D eigenvalue weighted by molar-refractivity contribution is 0.658. The van der Waals surface area contributed by atoms with Crippen LogP contribution in [-0.2, 0) is 0 Å². The predicted molar refractivity (Wildman–Crippen MR) is 58.2 cm³/mol. The molecule has 0 bridgehead atoms. The van der Waals surface area contributed by atoms with E-state index in [0.29, 0.717) is 5.02 Å².